The lowest BCUT2D eigenvalue weighted by Crippen LogP contribution is -2.40. The zero-order chi connectivity index (χ0) is 14.6. The van der Waals surface area contributed by atoms with Gasteiger partial charge in [0.05, 0.1) is 18.9 Å². The predicted molar refractivity (Wildman–Crippen MR) is 87.1 cm³/mol. The Hall–Kier alpha value is -0.840. The van der Waals surface area contributed by atoms with Gasteiger partial charge in [0.25, 0.3) is 0 Å². The highest BCUT2D eigenvalue weighted by atomic mass is 35.5. The van der Waals surface area contributed by atoms with Crippen molar-refractivity contribution in [1.29, 1.82) is 0 Å². The summed E-state index contributed by atoms with van der Waals surface area (Å²) >= 11 is 0. The Balaban J connectivity index is 0.00000220. The maximum atomic E-state index is 11.3. The van der Waals surface area contributed by atoms with Crippen molar-refractivity contribution in [2.75, 3.05) is 27.7 Å². The summed E-state index contributed by atoms with van der Waals surface area (Å²) in [6, 6.07) is 1.93. The molecular weight excluding hydrogens is 288 g/mol. The Morgan fingerprint density at radius 3 is 2.76 bits per heavy atom. The summed E-state index contributed by atoms with van der Waals surface area (Å²) in [6.45, 7) is 0.897. The molecule has 0 radical (unpaired) electrons. The molecule has 1 aromatic heterocycles. The molecule has 120 valence electrons. The topological polar surface area (TPSA) is 45.6 Å². The number of methoxy groups -OCH3 is 1. The zero-order valence-corrected chi connectivity index (χ0v) is 14.0. The lowest BCUT2D eigenvalue weighted by atomic mass is 9.78. The number of pyridine rings is 1. The molecule has 1 aliphatic carbocycles. The number of hydrogen-bond donors (Lipinski definition) is 1. The molecule has 5 heteroatoms. The normalized spacial score (nSPS) is 26.0. The first-order valence-electron chi connectivity index (χ1n) is 7.43. The predicted octanol–water partition coefficient (Wildman–Crippen LogP) is 2.84. The summed E-state index contributed by atoms with van der Waals surface area (Å²) in [7, 11) is 5.76. The third kappa shape index (κ3) is 4.31. The van der Waals surface area contributed by atoms with E-state index in [9.17, 15) is 5.11 Å². The second-order valence-electron chi connectivity index (χ2n) is 6.10. The van der Waals surface area contributed by atoms with E-state index in [1.165, 1.54) is 12.8 Å². The van der Waals surface area contributed by atoms with Crippen LogP contribution in [0.3, 0.4) is 0 Å². The first-order valence-corrected chi connectivity index (χ1v) is 7.43. The van der Waals surface area contributed by atoms with E-state index in [2.05, 4.69) is 24.0 Å². The van der Waals surface area contributed by atoms with Crippen LogP contribution in [-0.4, -0.2) is 42.7 Å². The first-order chi connectivity index (χ1) is 9.56. The summed E-state index contributed by atoms with van der Waals surface area (Å²) in [6.07, 6.45) is 8.80. The Kier molecular flexibility index (Phi) is 6.91. The molecule has 0 spiro atoms. The van der Waals surface area contributed by atoms with Gasteiger partial charge in [-0.05, 0) is 33.0 Å². The molecule has 2 rings (SSSR count). The van der Waals surface area contributed by atoms with Gasteiger partial charge in [0.2, 0.25) is 0 Å². The molecule has 0 aliphatic heterocycles. The first kappa shape index (κ1) is 18.2. The highest BCUT2D eigenvalue weighted by molar-refractivity contribution is 5.85. The summed E-state index contributed by atoms with van der Waals surface area (Å²) in [5.74, 6) is 0.956. The molecule has 1 heterocycles. The Labute approximate surface area is 133 Å². The fourth-order valence-corrected chi connectivity index (χ4v) is 3.24. The average Bonchev–Trinajstić information content (AvgIpc) is 2.62. The summed E-state index contributed by atoms with van der Waals surface area (Å²) in [5, 5.41) is 11.3. The lowest BCUT2D eigenvalue weighted by molar-refractivity contribution is -0.0392. The Bertz CT molecular complexity index is 442. The molecule has 1 fully saturated rings. The van der Waals surface area contributed by atoms with Crippen molar-refractivity contribution < 1.29 is 9.84 Å². The van der Waals surface area contributed by atoms with Crippen LogP contribution in [0, 0.1) is 5.92 Å². The number of nitrogens with zero attached hydrogens (tertiary/aromatic N) is 2. The van der Waals surface area contributed by atoms with Crippen molar-refractivity contribution in [3.8, 4) is 5.75 Å². The SMILES string of the molecule is COc1cncc(C2(O)CCCCCC2CN(C)C)c1.Cl. The monoisotopic (exact) mass is 314 g/mol. The second kappa shape index (κ2) is 7.97. The van der Waals surface area contributed by atoms with Gasteiger partial charge in [-0.3, -0.25) is 4.98 Å². The van der Waals surface area contributed by atoms with E-state index < -0.39 is 5.60 Å². The maximum Gasteiger partial charge on any atom is 0.137 e. The maximum absolute atomic E-state index is 11.3. The molecule has 4 nitrogen and oxygen atoms in total. The molecule has 1 aromatic rings. The van der Waals surface area contributed by atoms with Gasteiger partial charge in [-0.2, -0.15) is 0 Å². The second-order valence-corrected chi connectivity index (χ2v) is 6.10. The smallest absolute Gasteiger partial charge is 0.137 e. The largest absolute Gasteiger partial charge is 0.495 e. The molecule has 2 unspecified atom stereocenters. The molecule has 1 saturated carbocycles. The van der Waals surface area contributed by atoms with Gasteiger partial charge in [0, 0.05) is 24.2 Å². The fraction of sp³-hybridized carbons (Fsp3) is 0.688. The van der Waals surface area contributed by atoms with Crippen molar-refractivity contribution in [2.24, 2.45) is 5.92 Å². The van der Waals surface area contributed by atoms with E-state index in [4.69, 9.17) is 4.74 Å². The summed E-state index contributed by atoms with van der Waals surface area (Å²) in [4.78, 5) is 6.38. The quantitative estimate of drug-likeness (QED) is 0.868. The summed E-state index contributed by atoms with van der Waals surface area (Å²) < 4.78 is 5.25. The molecule has 0 amide bonds. The molecule has 0 bridgehead atoms. The number of halogens is 1. The lowest BCUT2D eigenvalue weighted by Gasteiger charge is -2.37. The highest BCUT2D eigenvalue weighted by Crippen LogP contribution is 2.41. The minimum Gasteiger partial charge on any atom is -0.495 e. The van der Waals surface area contributed by atoms with E-state index in [0.717, 1.165) is 31.4 Å². The van der Waals surface area contributed by atoms with Crippen LogP contribution in [0.1, 0.15) is 37.7 Å². The minimum atomic E-state index is -0.789. The van der Waals surface area contributed by atoms with E-state index in [1.54, 1.807) is 19.5 Å². The van der Waals surface area contributed by atoms with Crippen LogP contribution in [0.25, 0.3) is 0 Å². The van der Waals surface area contributed by atoms with Gasteiger partial charge >= 0.3 is 0 Å². The van der Waals surface area contributed by atoms with Crippen LogP contribution >= 0.6 is 12.4 Å². The molecule has 0 aromatic carbocycles. The van der Waals surface area contributed by atoms with Crippen molar-refractivity contribution in [3.05, 3.63) is 24.0 Å². The van der Waals surface area contributed by atoms with Crippen molar-refractivity contribution in [3.63, 3.8) is 0 Å². The van der Waals surface area contributed by atoms with Crippen LogP contribution < -0.4 is 4.74 Å². The molecular formula is C16H27ClN2O2. The Morgan fingerprint density at radius 1 is 1.33 bits per heavy atom. The number of ether oxygens (including phenoxy) is 1. The minimum absolute atomic E-state index is 0. The van der Waals surface area contributed by atoms with Gasteiger partial charge in [-0.15, -0.1) is 12.4 Å². The average molecular weight is 315 g/mol. The van der Waals surface area contributed by atoms with Crippen molar-refractivity contribution in [2.45, 2.75) is 37.7 Å². The fourth-order valence-electron chi connectivity index (χ4n) is 3.24. The van der Waals surface area contributed by atoms with Gasteiger partial charge in [0.15, 0.2) is 0 Å². The highest BCUT2D eigenvalue weighted by Gasteiger charge is 2.39. The van der Waals surface area contributed by atoms with E-state index >= 15 is 0 Å². The van der Waals surface area contributed by atoms with Crippen LogP contribution in [0.2, 0.25) is 0 Å². The molecule has 0 saturated heterocycles. The standard InChI is InChI=1S/C16H26N2O2.ClH/c1-18(2)12-13-7-5-4-6-8-16(13,19)14-9-15(20-3)11-17-10-14;/h9-11,13,19H,4-8,12H2,1-3H3;1H. The van der Waals surface area contributed by atoms with E-state index in [-0.39, 0.29) is 18.3 Å². The van der Waals surface area contributed by atoms with Gasteiger partial charge in [-0.1, -0.05) is 19.3 Å². The van der Waals surface area contributed by atoms with Crippen LogP contribution in [0.5, 0.6) is 5.75 Å². The number of hydrogen-bond acceptors (Lipinski definition) is 4. The third-order valence-corrected chi connectivity index (χ3v) is 4.32. The van der Waals surface area contributed by atoms with E-state index in [0.29, 0.717) is 5.75 Å². The number of rotatable bonds is 4. The molecule has 21 heavy (non-hydrogen) atoms. The number of aliphatic hydroxyl groups is 1. The van der Waals surface area contributed by atoms with E-state index in [1.807, 2.05) is 6.07 Å². The van der Waals surface area contributed by atoms with Crippen LogP contribution in [-0.2, 0) is 5.60 Å². The van der Waals surface area contributed by atoms with Crippen molar-refractivity contribution in [1.82, 2.24) is 9.88 Å². The Morgan fingerprint density at radius 2 is 2.10 bits per heavy atom. The van der Waals surface area contributed by atoms with Gasteiger partial charge in [0.1, 0.15) is 5.75 Å². The zero-order valence-electron chi connectivity index (χ0n) is 13.2. The van der Waals surface area contributed by atoms with Gasteiger partial charge < -0.3 is 14.7 Å². The molecule has 2 atom stereocenters. The van der Waals surface area contributed by atoms with Crippen molar-refractivity contribution >= 4 is 12.4 Å². The molecule has 1 aliphatic rings. The molecule has 1 N–H and O–H groups in total. The van der Waals surface area contributed by atoms with Gasteiger partial charge in [-0.25, -0.2) is 0 Å². The van der Waals surface area contributed by atoms with Crippen LogP contribution in [0.4, 0.5) is 0 Å². The summed E-state index contributed by atoms with van der Waals surface area (Å²) in [5.41, 5.74) is 0.105. The third-order valence-electron chi connectivity index (χ3n) is 4.32. The van der Waals surface area contributed by atoms with Crippen LogP contribution in [0.15, 0.2) is 18.5 Å². The number of aromatic nitrogens is 1.